The number of primary amides is 1. The van der Waals surface area contributed by atoms with E-state index >= 15 is 0 Å². The zero-order valence-corrected chi connectivity index (χ0v) is 10.8. The van der Waals surface area contributed by atoms with Crippen LogP contribution in [0.3, 0.4) is 0 Å². The highest BCUT2D eigenvalue weighted by Gasteiger charge is 2.06. The molecule has 6 heteroatoms. The molecule has 17 heavy (non-hydrogen) atoms. The maximum atomic E-state index is 11.3. The van der Waals surface area contributed by atoms with E-state index in [4.69, 9.17) is 5.73 Å². The van der Waals surface area contributed by atoms with Crippen LogP contribution in [-0.4, -0.2) is 24.4 Å². The quantitative estimate of drug-likeness (QED) is 0.690. The van der Waals surface area contributed by atoms with Crippen LogP contribution < -0.4 is 16.4 Å². The van der Waals surface area contributed by atoms with Gasteiger partial charge in [-0.05, 0) is 19.9 Å². The molecule has 2 amide bonds. The third-order valence-electron chi connectivity index (χ3n) is 1.97. The molecule has 0 unspecified atom stereocenters. The van der Waals surface area contributed by atoms with E-state index in [0.717, 1.165) is 4.88 Å². The first-order valence-electron chi connectivity index (χ1n) is 5.36. The van der Waals surface area contributed by atoms with Crippen LogP contribution in [0, 0.1) is 0 Å². The smallest absolute Gasteiger partial charge is 0.249 e. The number of amides is 2. The second kappa shape index (κ2) is 6.36. The van der Waals surface area contributed by atoms with E-state index in [-0.39, 0.29) is 18.5 Å². The summed E-state index contributed by atoms with van der Waals surface area (Å²) < 4.78 is 0. The molecule has 5 nitrogen and oxygen atoms in total. The number of hydrogen-bond donors (Lipinski definition) is 3. The minimum absolute atomic E-state index is 0.0355. The van der Waals surface area contributed by atoms with Crippen molar-refractivity contribution in [2.24, 2.45) is 5.73 Å². The Labute approximate surface area is 104 Å². The fourth-order valence-electron chi connectivity index (χ4n) is 1.27. The summed E-state index contributed by atoms with van der Waals surface area (Å²) in [6.07, 6.45) is 0. The van der Waals surface area contributed by atoms with E-state index in [1.165, 1.54) is 11.3 Å². The zero-order valence-electron chi connectivity index (χ0n) is 9.95. The van der Waals surface area contributed by atoms with Crippen molar-refractivity contribution in [2.75, 3.05) is 6.54 Å². The van der Waals surface area contributed by atoms with Gasteiger partial charge in [0.05, 0.1) is 12.1 Å². The lowest BCUT2D eigenvalue weighted by molar-refractivity contribution is -0.120. The van der Waals surface area contributed by atoms with E-state index in [2.05, 4.69) is 10.6 Å². The van der Waals surface area contributed by atoms with Gasteiger partial charge in [-0.2, -0.15) is 0 Å². The number of carbonyl (C=O) groups excluding carboxylic acids is 2. The molecule has 0 fully saturated rings. The van der Waals surface area contributed by atoms with Gasteiger partial charge in [-0.3, -0.25) is 9.59 Å². The maximum absolute atomic E-state index is 11.3. The van der Waals surface area contributed by atoms with Crippen molar-refractivity contribution in [3.63, 3.8) is 0 Å². The molecule has 94 valence electrons. The van der Waals surface area contributed by atoms with Crippen LogP contribution in [0.2, 0.25) is 0 Å². The third-order valence-corrected chi connectivity index (χ3v) is 2.91. The monoisotopic (exact) mass is 255 g/mol. The highest BCUT2D eigenvalue weighted by Crippen LogP contribution is 2.13. The Hall–Kier alpha value is -1.40. The van der Waals surface area contributed by atoms with Gasteiger partial charge in [0.15, 0.2) is 0 Å². The summed E-state index contributed by atoms with van der Waals surface area (Å²) in [6.45, 7) is 4.65. The molecule has 0 aliphatic carbocycles. The largest absolute Gasteiger partial charge is 0.366 e. The van der Waals surface area contributed by atoms with Crippen molar-refractivity contribution in [3.05, 3.63) is 21.9 Å². The van der Waals surface area contributed by atoms with E-state index in [1.807, 2.05) is 13.8 Å². The maximum Gasteiger partial charge on any atom is 0.249 e. The number of nitrogens with two attached hydrogens (primary N) is 1. The normalized spacial score (nSPS) is 10.5. The number of nitrogens with one attached hydrogen (secondary N) is 2. The molecule has 1 aromatic heterocycles. The Bertz CT molecular complexity index is 401. The molecule has 0 aliphatic rings. The average molecular weight is 255 g/mol. The van der Waals surface area contributed by atoms with E-state index in [1.54, 1.807) is 11.4 Å². The Balaban J connectivity index is 2.31. The van der Waals surface area contributed by atoms with Gasteiger partial charge >= 0.3 is 0 Å². The lowest BCUT2D eigenvalue weighted by atomic mass is 10.3. The number of rotatable bonds is 6. The zero-order chi connectivity index (χ0) is 12.8. The fourth-order valence-corrected chi connectivity index (χ4v) is 2.12. The Morgan fingerprint density at radius 2 is 2.18 bits per heavy atom. The van der Waals surface area contributed by atoms with Crippen LogP contribution >= 0.6 is 11.3 Å². The van der Waals surface area contributed by atoms with Crippen molar-refractivity contribution in [3.8, 4) is 0 Å². The molecule has 0 aromatic carbocycles. The SMILES string of the molecule is CC(C)NC(=O)CNCc1cc(C(N)=O)cs1. The summed E-state index contributed by atoms with van der Waals surface area (Å²) in [5.41, 5.74) is 5.65. The van der Waals surface area contributed by atoms with Crippen LogP contribution in [-0.2, 0) is 11.3 Å². The predicted octanol–water partition coefficient (Wildman–Crippen LogP) is 0.461. The lowest BCUT2D eigenvalue weighted by Crippen LogP contribution is -2.37. The number of thiophene rings is 1. The van der Waals surface area contributed by atoms with Crippen LogP contribution in [0.1, 0.15) is 29.1 Å². The first-order chi connectivity index (χ1) is 7.99. The van der Waals surface area contributed by atoms with Crippen LogP contribution in [0.4, 0.5) is 0 Å². The molecule has 1 heterocycles. The Morgan fingerprint density at radius 1 is 1.47 bits per heavy atom. The van der Waals surface area contributed by atoms with Gasteiger partial charge in [0.25, 0.3) is 0 Å². The summed E-state index contributed by atoms with van der Waals surface area (Å²) in [5, 5.41) is 7.50. The topological polar surface area (TPSA) is 84.2 Å². The molecule has 0 saturated carbocycles. The average Bonchev–Trinajstić information content (AvgIpc) is 2.65. The van der Waals surface area contributed by atoms with Crippen LogP contribution in [0.5, 0.6) is 0 Å². The van der Waals surface area contributed by atoms with Crippen molar-refractivity contribution in [2.45, 2.75) is 26.4 Å². The minimum atomic E-state index is -0.426. The summed E-state index contributed by atoms with van der Waals surface area (Å²) >= 11 is 1.45. The van der Waals surface area contributed by atoms with Crippen LogP contribution in [0.15, 0.2) is 11.4 Å². The molecule has 1 rings (SSSR count). The summed E-state index contributed by atoms with van der Waals surface area (Å²) in [5.74, 6) is -0.461. The summed E-state index contributed by atoms with van der Waals surface area (Å²) in [7, 11) is 0. The molecule has 1 aromatic rings. The highest BCUT2D eigenvalue weighted by atomic mass is 32.1. The second-order valence-corrected chi connectivity index (χ2v) is 4.99. The highest BCUT2D eigenvalue weighted by molar-refractivity contribution is 7.10. The molecule has 0 aliphatic heterocycles. The van der Waals surface area contributed by atoms with Gasteiger partial charge in [-0.15, -0.1) is 11.3 Å². The molecule has 0 bridgehead atoms. The molecule has 0 radical (unpaired) electrons. The Morgan fingerprint density at radius 3 is 2.71 bits per heavy atom. The molecule has 0 saturated heterocycles. The Kier molecular flexibility index (Phi) is 5.11. The summed E-state index contributed by atoms with van der Waals surface area (Å²) in [6, 6.07) is 1.88. The first kappa shape index (κ1) is 13.7. The molecule has 0 atom stereocenters. The van der Waals surface area contributed by atoms with Gasteiger partial charge in [0.1, 0.15) is 0 Å². The van der Waals surface area contributed by atoms with Crippen LogP contribution in [0.25, 0.3) is 0 Å². The number of carbonyl (C=O) groups is 2. The van der Waals surface area contributed by atoms with Crippen molar-refractivity contribution in [1.29, 1.82) is 0 Å². The fraction of sp³-hybridized carbons (Fsp3) is 0.455. The third kappa shape index (κ3) is 4.97. The van der Waals surface area contributed by atoms with E-state index < -0.39 is 5.91 Å². The van der Waals surface area contributed by atoms with E-state index in [9.17, 15) is 9.59 Å². The van der Waals surface area contributed by atoms with Gasteiger partial charge in [0, 0.05) is 22.8 Å². The molecule has 4 N–H and O–H groups in total. The van der Waals surface area contributed by atoms with Crippen molar-refractivity contribution in [1.82, 2.24) is 10.6 Å². The molecular weight excluding hydrogens is 238 g/mol. The van der Waals surface area contributed by atoms with Crippen molar-refractivity contribution < 1.29 is 9.59 Å². The number of hydrogen-bond acceptors (Lipinski definition) is 4. The molecular formula is C11H17N3O2S. The van der Waals surface area contributed by atoms with E-state index in [0.29, 0.717) is 12.1 Å². The second-order valence-electron chi connectivity index (χ2n) is 3.99. The first-order valence-corrected chi connectivity index (χ1v) is 6.24. The van der Waals surface area contributed by atoms with Gasteiger partial charge in [0.2, 0.25) is 11.8 Å². The predicted molar refractivity (Wildman–Crippen MR) is 67.8 cm³/mol. The molecule has 0 spiro atoms. The lowest BCUT2D eigenvalue weighted by Gasteiger charge is -2.08. The van der Waals surface area contributed by atoms with Gasteiger partial charge in [-0.1, -0.05) is 0 Å². The van der Waals surface area contributed by atoms with Crippen molar-refractivity contribution >= 4 is 23.2 Å². The van der Waals surface area contributed by atoms with Gasteiger partial charge in [-0.25, -0.2) is 0 Å². The van der Waals surface area contributed by atoms with Gasteiger partial charge < -0.3 is 16.4 Å². The summed E-state index contributed by atoms with van der Waals surface area (Å²) in [4.78, 5) is 23.2. The minimum Gasteiger partial charge on any atom is -0.366 e. The standard InChI is InChI=1S/C11H17N3O2S/c1-7(2)14-10(15)5-13-4-9-3-8(6-17-9)11(12)16/h3,6-7,13H,4-5H2,1-2H3,(H2,12,16)(H,14,15).